The number of amides is 1. The summed E-state index contributed by atoms with van der Waals surface area (Å²) >= 11 is 0. The van der Waals surface area contributed by atoms with Crippen LogP contribution >= 0.6 is 0 Å². The third-order valence-electron chi connectivity index (χ3n) is 3.40. The van der Waals surface area contributed by atoms with E-state index in [2.05, 4.69) is 10.6 Å². The molecule has 1 aliphatic carbocycles. The molecule has 0 bridgehead atoms. The summed E-state index contributed by atoms with van der Waals surface area (Å²) in [5.74, 6) is 1.09. The number of hydrogen-bond acceptors (Lipinski definition) is 2. The first kappa shape index (κ1) is 9.97. The van der Waals surface area contributed by atoms with E-state index in [9.17, 15) is 4.79 Å². The highest BCUT2D eigenvalue weighted by Crippen LogP contribution is 2.28. The lowest BCUT2D eigenvalue weighted by atomic mass is 10.0. The van der Waals surface area contributed by atoms with E-state index in [4.69, 9.17) is 0 Å². The smallest absolute Gasteiger partial charge is 0.220 e. The first-order valence-corrected chi connectivity index (χ1v) is 5.84. The second-order valence-electron chi connectivity index (χ2n) is 4.61. The molecular formula is C11H20N2O. The zero-order chi connectivity index (χ0) is 9.80. The van der Waals surface area contributed by atoms with Gasteiger partial charge in [-0.05, 0) is 12.3 Å². The van der Waals surface area contributed by atoms with Gasteiger partial charge in [-0.25, -0.2) is 0 Å². The Hall–Kier alpha value is -0.570. The maximum atomic E-state index is 11.5. The maximum absolute atomic E-state index is 11.5. The summed E-state index contributed by atoms with van der Waals surface area (Å²) in [6.07, 6.45) is 7.28. The van der Waals surface area contributed by atoms with Crippen molar-refractivity contribution in [2.75, 3.05) is 13.1 Å². The summed E-state index contributed by atoms with van der Waals surface area (Å²) in [5.41, 5.74) is 0. The van der Waals surface area contributed by atoms with Crippen molar-refractivity contribution in [2.24, 2.45) is 5.92 Å². The van der Waals surface area contributed by atoms with Crippen LogP contribution in [0.2, 0.25) is 0 Å². The van der Waals surface area contributed by atoms with Crippen LogP contribution in [0.15, 0.2) is 0 Å². The Labute approximate surface area is 85.6 Å². The molecule has 0 aromatic carbocycles. The average molecular weight is 196 g/mol. The molecule has 0 spiro atoms. The summed E-state index contributed by atoms with van der Waals surface area (Å²) in [4.78, 5) is 11.5. The van der Waals surface area contributed by atoms with Crippen molar-refractivity contribution in [3.05, 3.63) is 0 Å². The molecular weight excluding hydrogens is 176 g/mol. The minimum atomic E-state index is 0.253. The van der Waals surface area contributed by atoms with Gasteiger partial charge in [0.25, 0.3) is 0 Å². The molecule has 0 aromatic heterocycles. The summed E-state index contributed by atoms with van der Waals surface area (Å²) in [6.45, 7) is 1.91. The van der Waals surface area contributed by atoms with Gasteiger partial charge in [0.15, 0.2) is 0 Å². The van der Waals surface area contributed by atoms with Crippen LogP contribution in [0.5, 0.6) is 0 Å². The van der Waals surface area contributed by atoms with Gasteiger partial charge >= 0.3 is 0 Å². The topological polar surface area (TPSA) is 41.1 Å². The van der Waals surface area contributed by atoms with Crippen molar-refractivity contribution in [1.29, 1.82) is 0 Å². The summed E-state index contributed by atoms with van der Waals surface area (Å²) in [7, 11) is 0. The molecule has 1 heterocycles. The van der Waals surface area contributed by atoms with Gasteiger partial charge in [-0.1, -0.05) is 25.7 Å². The molecule has 0 atom stereocenters. The molecule has 3 nitrogen and oxygen atoms in total. The number of carbonyl (C=O) groups is 1. The molecule has 2 rings (SSSR count). The van der Waals surface area contributed by atoms with Crippen LogP contribution in [0.25, 0.3) is 0 Å². The Balaban J connectivity index is 1.57. The van der Waals surface area contributed by atoms with E-state index in [0.29, 0.717) is 6.04 Å². The highest BCUT2D eigenvalue weighted by Gasteiger charge is 2.20. The van der Waals surface area contributed by atoms with Crippen molar-refractivity contribution in [3.63, 3.8) is 0 Å². The highest BCUT2D eigenvalue weighted by molar-refractivity contribution is 5.76. The van der Waals surface area contributed by atoms with Gasteiger partial charge in [0, 0.05) is 19.5 Å². The maximum Gasteiger partial charge on any atom is 0.220 e. The summed E-state index contributed by atoms with van der Waals surface area (Å²) in [5, 5.41) is 6.19. The normalized spacial score (nSPS) is 23.4. The van der Waals surface area contributed by atoms with E-state index in [1.54, 1.807) is 0 Å². The fourth-order valence-electron chi connectivity index (χ4n) is 2.32. The second kappa shape index (κ2) is 4.78. The Morgan fingerprint density at radius 2 is 2.00 bits per heavy atom. The van der Waals surface area contributed by atoms with Crippen LogP contribution in [0.4, 0.5) is 0 Å². The summed E-state index contributed by atoms with van der Waals surface area (Å²) in [6, 6.07) is 0.408. The molecule has 2 fully saturated rings. The van der Waals surface area contributed by atoms with Crippen molar-refractivity contribution in [3.8, 4) is 0 Å². The first-order valence-electron chi connectivity index (χ1n) is 5.84. The average Bonchev–Trinajstić information content (AvgIpc) is 2.60. The SMILES string of the molecule is O=C(CCC1CCCC1)NC1CNC1. The van der Waals surface area contributed by atoms with Gasteiger partial charge in [-0.2, -0.15) is 0 Å². The van der Waals surface area contributed by atoms with E-state index < -0.39 is 0 Å². The molecule has 1 saturated heterocycles. The van der Waals surface area contributed by atoms with Crippen LogP contribution in [-0.4, -0.2) is 25.0 Å². The zero-order valence-corrected chi connectivity index (χ0v) is 8.72. The predicted molar refractivity (Wildman–Crippen MR) is 56.0 cm³/mol. The molecule has 0 aromatic rings. The van der Waals surface area contributed by atoms with Gasteiger partial charge in [0.05, 0.1) is 6.04 Å². The Morgan fingerprint density at radius 3 is 2.57 bits per heavy atom. The van der Waals surface area contributed by atoms with Crippen LogP contribution in [0.1, 0.15) is 38.5 Å². The lowest BCUT2D eigenvalue weighted by Gasteiger charge is -2.28. The quantitative estimate of drug-likeness (QED) is 0.705. The fraction of sp³-hybridized carbons (Fsp3) is 0.909. The van der Waals surface area contributed by atoms with E-state index in [1.165, 1.54) is 25.7 Å². The number of rotatable bonds is 4. The third kappa shape index (κ3) is 2.71. The largest absolute Gasteiger partial charge is 0.351 e. The van der Waals surface area contributed by atoms with Crippen LogP contribution in [-0.2, 0) is 4.79 Å². The molecule has 80 valence electrons. The van der Waals surface area contributed by atoms with Gasteiger partial charge in [-0.15, -0.1) is 0 Å². The van der Waals surface area contributed by atoms with Crippen molar-refractivity contribution >= 4 is 5.91 Å². The van der Waals surface area contributed by atoms with E-state index in [1.807, 2.05) is 0 Å². The Kier molecular flexibility index (Phi) is 3.40. The molecule has 1 saturated carbocycles. The van der Waals surface area contributed by atoms with E-state index in [-0.39, 0.29) is 5.91 Å². The minimum Gasteiger partial charge on any atom is -0.351 e. The lowest BCUT2D eigenvalue weighted by Crippen LogP contribution is -2.56. The third-order valence-corrected chi connectivity index (χ3v) is 3.40. The monoisotopic (exact) mass is 196 g/mol. The number of hydrogen-bond donors (Lipinski definition) is 2. The van der Waals surface area contributed by atoms with Crippen LogP contribution < -0.4 is 10.6 Å². The van der Waals surface area contributed by atoms with Crippen LogP contribution in [0, 0.1) is 5.92 Å². The molecule has 14 heavy (non-hydrogen) atoms. The molecule has 0 radical (unpaired) electrons. The standard InChI is InChI=1S/C11H20N2O/c14-11(13-10-7-12-8-10)6-5-9-3-1-2-4-9/h9-10,12H,1-8H2,(H,13,14). The first-order chi connectivity index (χ1) is 6.84. The lowest BCUT2D eigenvalue weighted by molar-refractivity contribution is -0.122. The second-order valence-corrected chi connectivity index (χ2v) is 4.61. The van der Waals surface area contributed by atoms with Crippen molar-refractivity contribution < 1.29 is 4.79 Å². The van der Waals surface area contributed by atoms with Gasteiger partial charge in [0.1, 0.15) is 0 Å². The predicted octanol–water partition coefficient (Wildman–Crippen LogP) is 1.04. The zero-order valence-electron chi connectivity index (χ0n) is 8.72. The fourth-order valence-corrected chi connectivity index (χ4v) is 2.32. The van der Waals surface area contributed by atoms with Crippen molar-refractivity contribution in [2.45, 2.75) is 44.6 Å². The molecule has 2 aliphatic rings. The van der Waals surface area contributed by atoms with E-state index >= 15 is 0 Å². The molecule has 2 N–H and O–H groups in total. The Morgan fingerprint density at radius 1 is 1.29 bits per heavy atom. The number of carbonyl (C=O) groups excluding carboxylic acids is 1. The van der Waals surface area contributed by atoms with E-state index in [0.717, 1.165) is 31.8 Å². The number of nitrogens with one attached hydrogen (secondary N) is 2. The van der Waals surface area contributed by atoms with Gasteiger partial charge < -0.3 is 10.6 Å². The summed E-state index contributed by atoms with van der Waals surface area (Å²) < 4.78 is 0. The van der Waals surface area contributed by atoms with Gasteiger partial charge in [-0.3, -0.25) is 4.79 Å². The molecule has 1 aliphatic heterocycles. The molecule has 3 heteroatoms. The highest BCUT2D eigenvalue weighted by atomic mass is 16.1. The van der Waals surface area contributed by atoms with Crippen LogP contribution in [0.3, 0.4) is 0 Å². The molecule has 1 amide bonds. The molecule has 0 unspecified atom stereocenters. The Bertz CT molecular complexity index is 195. The van der Waals surface area contributed by atoms with Crippen molar-refractivity contribution in [1.82, 2.24) is 10.6 Å². The van der Waals surface area contributed by atoms with Gasteiger partial charge in [0.2, 0.25) is 5.91 Å². The minimum absolute atomic E-state index is 0.253.